The van der Waals surface area contributed by atoms with Gasteiger partial charge >= 0.3 is 0 Å². The van der Waals surface area contributed by atoms with Crippen LogP contribution >= 0.6 is 11.8 Å². The second-order valence-corrected chi connectivity index (χ2v) is 10.7. The highest BCUT2D eigenvalue weighted by molar-refractivity contribution is 7.99. The van der Waals surface area contributed by atoms with Gasteiger partial charge in [0.1, 0.15) is 0 Å². The molecule has 0 bridgehead atoms. The van der Waals surface area contributed by atoms with Gasteiger partial charge in [-0.15, -0.1) is 0 Å². The highest BCUT2D eigenvalue weighted by Crippen LogP contribution is 2.36. The van der Waals surface area contributed by atoms with Crippen LogP contribution in [0.5, 0.6) is 0 Å². The maximum Gasteiger partial charge on any atom is 0.219 e. The molecular weight excluding hydrogens is 462 g/mol. The largest absolute Gasteiger partial charge is 0.356 e. The van der Waals surface area contributed by atoms with Crippen molar-refractivity contribution >= 4 is 17.7 Å². The highest BCUT2D eigenvalue weighted by atomic mass is 32.2. The summed E-state index contributed by atoms with van der Waals surface area (Å²) in [6.07, 6.45) is 8.64. The third-order valence-electron chi connectivity index (χ3n) is 6.53. The van der Waals surface area contributed by atoms with Crippen LogP contribution in [-0.4, -0.2) is 27.8 Å². The van der Waals surface area contributed by atoms with Gasteiger partial charge in [0.05, 0.1) is 11.4 Å². The molecule has 2 aromatic carbocycles. The minimum Gasteiger partial charge on any atom is -0.356 e. The highest BCUT2D eigenvalue weighted by Gasteiger charge is 2.19. The van der Waals surface area contributed by atoms with E-state index < -0.39 is 0 Å². The van der Waals surface area contributed by atoms with Crippen molar-refractivity contribution in [2.75, 3.05) is 12.3 Å². The molecule has 1 amide bonds. The zero-order chi connectivity index (χ0) is 25.8. The smallest absolute Gasteiger partial charge is 0.219 e. The number of thioether (sulfide) groups is 1. The Kier molecular flexibility index (Phi) is 11.6. The molecule has 3 rings (SSSR count). The molecule has 4 nitrogen and oxygen atoms in total. The van der Waals surface area contributed by atoms with Crippen molar-refractivity contribution in [2.45, 2.75) is 90.8 Å². The first-order valence-electron chi connectivity index (χ1n) is 13.7. The molecule has 0 spiro atoms. The first kappa shape index (κ1) is 28.0. The van der Waals surface area contributed by atoms with Crippen molar-refractivity contribution in [3.05, 3.63) is 59.7 Å². The van der Waals surface area contributed by atoms with E-state index in [-0.39, 0.29) is 5.91 Å². The van der Waals surface area contributed by atoms with Gasteiger partial charge in [-0.05, 0) is 40.0 Å². The number of carbonyl (C=O) groups excluding carboxylic acids is 1. The van der Waals surface area contributed by atoms with E-state index in [0.29, 0.717) is 6.42 Å². The third kappa shape index (κ3) is 8.26. The number of benzene rings is 2. The summed E-state index contributed by atoms with van der Waals surface area (Å²) in [5.41, 5.74) is 7.11. The number of nitrogens with one attached hydrogen (secondary N) is 1. The van der Waals surface area contributed by atoms with Gasteiger partial charge in [-0.1, -0.05) is 104 Å². The van der Waals surface area contributed by atoms with Crippen LogP contribution in [0.1, 0.15) is 76.3 Å². The first-order chi connectivity index (χ1) is 17.5. The lowest BCUT2D eigenvalue weighted by Gasteiger charge is -2.11. The Bertz CT molecular complexity index is 1070. The van der Waals surface area contributed by atoms with Gasteiger partial charge in [0.25, 0.3) is 0 Å². The molecule has 0 saturated carbocycles. The predicted octanol–water partition coefficient (Wildman–Crippen LogP) is 8.20. The van der Waals surface area contributed by atoms with E-state index in [9.17, 15) is 4.79 Å². The lowest BCUT2D eigenvalue weighted by molar-refractivity contribution is -0.121. The van der Waals surface area contributed by atoms with E-state index in [1.54, 1.807) is 0 Å². The molecule has 0 aliphatic rings. The molecule has 3 aromatic rings. The van der Waals surface area contributed by atoms with Crippen LogP contribution in [0.15, 0.2) is 53.7 Å². The number of aromatic nitrogens is 2. The zero-order valence-electron chi connectivity index (χ0n) is 22.6. The number of hydrogen-bond acceptors (Lipinski definition) is 3. The molecular formula is C31H43N3OS. The monoisotopic (exact) mass is 505 g/mol. The number of unbranched alkanes of at least 4 members (excludes halogenated alkanes) is 5. The van der Waals surface area contributed by atoms with E-state index >= 15 is 0 Å². The molecule has 0 radical (unpaired) electrons. The summed E-state index contributed by atoms with van der Waals surface area (Å²) in [7, 11) is 0. The van der Waals surface area contributed by atoms with Gasteiger partial charge in [0, 0.05) is 36.4 Å². The summed E-state index contributed by atoms with van der Waals surface area (Å²) in [6.45, 7) is 10.3. The van der Waals surface area contributed by atoms with E-state index in [2.05, 4.69) is 86.1 Å². The fourth-order valence-electron chi connectivity index (χ4n) is 4.35. The molecule has 0 atom stereocenters. The average Bonchev–Trinajstić information content (AvgIpc) is 3.25. The summed E-state index contributed by atoms with van der Waals surface area (Å²) in [4.78, 5) is 17.2. The van der Waals surface area contributed by atoms with Crippen molar-refractivity contribution in [1.82, 2.24) is 14.9 Å². The Labute approximate surface area is 222 Å². The maximum atomic E-state index is 12.0. The van der Waals surface area contributed by atoms with Crippen molar-refractivity contribution in [2.24, 2.45) is 0 Å². The normalized spacial score (nSPS) is 11.1. The molecule has 5 heteroatoms. The van der Waals surface area contributed by atoms with Crippen LogP contribution in [-0.2, 0) is 11.3 Å². The Morgan fingerprint density at radius 2 is 1.47 bits per heavy atom. The summed E-state index contributed by atoms with van der Waals surface area (Å²) < 4.78 is 2.35. The Balaban J connectivity index is 1.60. The lowest BCUT2D eigenvalue weighted by atomic mass is 10.0. The second kappa shape index (κ2) is 14.9. The van der Waals surface area contributed by atoms with Crippen LogP contribution in [0.3, 0.4) is 0 Å². The van der Waals surface area contributed by atoms with Gasteiger partial charge in [-0.3, -0.25) is 4.79 Å². The lowest BCUT2D eigenvalue weighted by Crippen LogP contribution is -2.24. The molecule has 0 saturated heterocycles. The number of hydrogen-bond donors (Lipinski definition) is 1. The van der Waals surface area contributed by atoms with Crippen molar-refractivity contribution in [3.63, 3.8) is 0 Å². The van der Waals surface area contributed by atoms with Crippen LogP contribution in [0.2, 0.25) is 0 Å². The number of amides is 1. The van der Waals surface area contributed by atoms with Gasteiger partial charge in [-0.25, -0.2) is 4.98 Å². The van der Waals surface area contributed by atoms with Crippen LogP contribution < -0.4 is 5.32 Å². The van der Waals surface area contributed by atoms with E-state index in [4.69, 9.17) is 4.98 Å². The van der Waals surface area contributed by atoms with Crippen molar-refractivity contribution < 1.29 is 4.79 Å². The Morgan fingerprint density at radius 3 is 2.11 bits per heavy atom. The molecule has 194 valence electrons. The SMILES string of the molecule is CCCCCCCC(=O)NCCCCSc1nc(-c2ccc(C)cc2)c(-c2ccc(C)cc2)n1CC. The first-order valence-corrected chi connectivity index (χ1v) is 14.7. The fraction of sp³-hybridized carbons (Fsp3) is 0.484. The number of carbonyl (C=O) groups is 1. The molecule has 0 aliphatic heterocycles. The maximum absolute atomic E-state index is 12.0. The van der Waals surface area contributed by atoms with Gasteiger partial charge in [0.2, 0.25) is 5.91 Å². The Hall–Kier alpha value is -2.53. The number of nitrogens with zero attached hydrogens (tertiary/aromatic N) is 2. The Morgan fingerprint density at radius 1 is 0.833 bits per heavy atom. The summed E-state index contributed by atoms with van der Waals surface area (Å²) >= 11 is 1.82. The van der Waals surface area contributed by atoms with Crippen LogP contribution in [0, 0.1) is 13.8 Å². The zero-order valence-corrected chi connectivity index (χ0v) is 23.4. The molecule has 1 N–H and O–H groups in total. The van der Waals surface area contributed by atoms with Crippen molar-refractivity contribution in [3.8, 4) is 22.5 Å². The summed E-state index contributed by atoms with van der Waals surface area (Å²) in [6, 6.07) is 17.4. The molecule has 1 heterocycles. The molecule has 0 aliphatic carbocycles. The number of rotatable bonds is 15. The van der Waals surface area contributed by atoms with E-state index in [0.717, 1.165) is 60.9 Å². The minimum absolute atomic E-state index is 0.200. The minimum atomic E-state index is 0.200. The summed E-state index contributed by atoms with van der Waals surface area (Å²) in [5.74, 6) is 1.19. The molecule has 0 fully saturated rings. The predicted molar refractivity (Wildman–Crippen MR) is 155 cm³/mol. The summed E-state index contributed by atoms with van der Waals surface area (Å²) in [5, 5.41) is 4.16. The standard InChI is InChI=1S/C31H43N3OS/c1-5-7-8-9-10-13-28(35)32-22-11-12-23-36-31-33-29(26-18-14-24(3)15-19-26)30(34(31)6-2)27-20-16-25(4)17-21-27/h14-21H,5-13,22-23H2,1-4H3,(H,32,35). The van der Waals surface area contributed by atoms with Gasteiger partial charge in [-0.2, -0.15) is 0 Å². The number of imidazole rings is 1. The average molecular weight is 506 g/mol. The van der Waals surface area contributed by atoms with Gasteiger partial charge in [0.15, 0.2) is 5.16 Å². The molecule has 1 aromatic heterocycles. The van der Waals surface area contributed by atoms with Crippen LogP contribution in [0.25, 0.3) is 22.5 Å². The van der Waals surface area contributed by atoms with Crippen molar-refractivity contribution in [1.29, 1.82) is 0 Å². The second-order valence-electron chi connectivity index (χ2n) is 9.64. The van der Waals surface area contributed by atoms with E-state index in [1.165, 1.54) is 41.6 Å². The topological polar surface area (TPSA) is 46.9 Å². The molecule has 36 heavy (non-hydrogen) atoms. The molecule has 0 unspecified atom stereocenters. The quantitative estimate of drug-likeness (QED) is 0.167. The fourth-order valence-corrected chi connectivity index (χ4v) is 5.41. The van der Waals surface area contributed by atoms with Crippen LogP contribution in [0.4, 0.5) is 0 Å². The van der Waals surface area contributed by atoms with E-state index in [1.807, 2.05) is 11.8 Å². The van der Waals surface area contributed by atoms with Gasteiger partial charge < -0.3 is 9.88 Å². The number of aryl methyl sites for hydroxylation is 2. The third-order valence-corrected chi connectivity index (χ3v) is 7.59.